The highest BCUT2D eigenvalue weighted by Crippen LogP contribution is 2.37. The molecule has 4 aromatic rings. The van der Waals surface area contributed by atoms with E-state index >= 15 is 0 Å². The molecular weight excluding hydrogens is 396 g/mol. The van der Waals surface area contributed by atoms with Crippen LogP contribution in [0.1, 0.15) is 22.3 Å². The van der Waals surface area contributed by atoms with Crippen molar-refractivity contribution < 1.29 is 0 Å². The molecule has 4 aromatic carbocycles. The fraction of sp³-hybridized carbons (Fsp3) is 0. The minimum atomic E-state index is 0.559. The molecule has 0 aromatic heterocycles. The summed E-state index contributed by atoms with van der Waals surface area (Å²) >= 11 is 0. The highest BCUT2D eigenvalue weighted by molar-refractivity contribution is 6.04. The van der Waals surface area contributed by atoms with E-state index in [1.165, 1.54) is 0 Å². The Morgan fingerprint density at radius 3 is 1.06 bits per heavy atom. The van der Waals surface area contributed by atoms with Crippen molar-refractivity contribution in [1.82, 2.24) is 0 Å². The zero-order chi connectivity index (χ0) is 22.2. The van der Waals surface area contributed by atoms with Crippen molar-refractivity contribution >= 4 is 22.5 Å². The molecule has 6 nitrogen and oxygen atoms in total. The van der Waals surface area contributed by atoms with Crippen molar-refractivity contribution in [3.63, 3.8) is 0 Å². The van der Waals surface area contributed by atoms with Gasteiger partial charge in [0.1, 0.15) is 0 Å². The molecule has 32 heavy (non-hydrogen) atoms. The topological polar surface area (TPSA) is 97.5 Å². The highest BCUT2D eigenvalue weighted by atomic mass is 15.1. The molecule has 0 aliphatic carbocycles. The summed E-state index contributed by atoms with van der Waals surface area (Å²) in [6.45, 7) is 0. The van der Waals surface area contributed by atoms with Gasteiger partial charge in [-0.3, -0.25) is 0 Å². The van der Waals surface area contributed by atoms with Gasteiger partial charge in [0, 0.05) is 21.2 Å². The van der Waals surface area contributed by atoms with Gasteiger partial charge in [-0.15, -0.1) is 0 Å². The number of hydrogen-bond acceptors (Lipinski definition) is 2. The van der Waals surface area contributed by atoms with Crippen LogP contribution in [0.3, 0.4) is 0 Å². The lowest BCUT2D eigenvalue weighted by atomic mass is 9.85. The summed E-state index contributed by atoms with van der Waals surface area (Å²) in [4.78, 5) is 5.74. The lowest BCUT2D eigenvalue weighted by molar-refractivity contribution is 1.44. The SMILES string of the molecule is [N-]=[N+]=Nc1ccc(/C(=C(\c2ccccc2)c2ccc(N=[N+]=[N-])cc2)c2ccccc2)cc1. The molecule has 0 bridgehead atoms. The maximum Gasteiger partial charge on any atom is 0.0375 e. The van der Waals surface area contributed by atoms with Crippen LogP contribution in [0.4, 0.5) is 11.4 Å². The minimum Gasteiger partial charge on any atom is -0.0622 e. The van der Waals surface area contributed by atoms with Crippen molar-refractivity contribution in [2.24, 2.45) is 10.2 Å². The number of hydrogen-bond donors (Lipinski definition) is 0. The van der Waals surface area contributed by atoms with E-state index in [-0.39, 0.29) is 0 Å². The summed E-state index contributed by atoms with van der Waals surface area (Å²) in [7, 11) is 0. The van der Waals surface area contributed by atoms with Crippen LogP contribution in [0.5, 0.6) is 0 Å². The van der Waals surface area contributed by atoms with Crippen molar-refractivity contribution in [2.45, 2.75) is 0 Å². The van der Waals surface area contributed by atoms with E-state index in [0.29, 0.717) is 11.4 Å². The van der Waals surface area contributed by atoms with E-state index in [0.717, 1.165) is 33.4 Å². The molecule has 0 N–H and O–H groups in total. The summed E-state index contributed by atoms with van der Waals surface area (Å²) in [5.74, 6) is 0. The quantitative estimate of drug-likeness (QED) is 0.131. The predicted octanol–water partition coefficient (Wildman–Crippen LogP) is 8.58. The average Bonchev–Trinajstić information content (AvgIpc) is 2.85. The summed E-state index contributed by atoms with van der Waals surface area (Å²) in [6.07, 6.45) is 0. The van der Waals surface area contributed by atoms with Gasteiger partial charge in [-0.05, 0) is 44.5 Å². The lowest BCUT2D eigenvalue weighted by Gasteiger charge is -2.18. The summed E-state index contributed by atoms with van der Waals surface area (Å²) in [5, 5.41) is 7.39. The molecule has 152 valence electrons. The first-order chi connectivity index (χ1) is 15.8. The number of rotatable bonds is 6. The molecule has 0 aliphatic heterocycles. The minimum absolute atomic E-state index is 0.559. The van der Waals surface area contributed by atoms with Crippen LogP contribution in [-0.4, -0.2) is 0 Å². The fourth-order valence-corrected chi connectivity index (χ4v) is 3.61. The lowest BCUT2D eigenvalue weighted by Crippen LogP contribution is -1.97. The smallest absolute Gasteiger partial charge is 0.0375 e. The molecule has 0 saturated heterocycles. The maximum atomic E-state index is 8.74. The zero-order valence-electron chi connectivity index (χ0n) is 17.1. The molecule has 0 fully saturated rings. The van der Waals surface area contributed by atoms with Crippen LogP contribution in [0, 0.1) is 0 Å². The third-order valence-electron chi connectivity index (χ3n) is 5.01. The Hall–Kier alpha value is -4.76. The third kappa shape index (κ3) is 4.53. The zero-order valence-corrected chi connectivity index (χ0v) is 17.1. The summed E-state index contributed by atoms with van der Waals surface area (Å²) in [5.41, 5.74) is 24.8. The standard InChI is InChI=1S/C26H18N6/c27-31-29-23-15-11-21(12-16-23)25(19-7-3-1-4-8-19)26(20-9-5-2-6-10-20)22-13-17-24(18-14-22)30-32-28/h1-18H/b26-25+. The molecule has 6 heteroatoms. The Balaban J connectivity index is 2.03. The first-order valence-electron chi connectivity index (χ1n) is 9.96. The molecule has 4 rings (SSSR count). The molecular formula is C26H18N6. The number of nitrogens with zero attached hydrogens (tertiary/aromatic N) is 6. The van der Waals surface area contributed by atoms with Gasteiger partial charge in [0.15, 0.2) is 0 Å². The van der Waals surface area contributed by atoms with E-state index in [1.807, 2.05) is 84.9 Å². The second-order valence-corrected chi connectivity index (χ2v) is 6.95. The van der Waals surface area contributed by atoms with Crippen LogP contribution < -0.4 is 0 Å². The van der Waals surface area contributed by atoms with Crippen molar-refractivity contribution in [1.29, 1.82) is 0 Å². The van der Waals surface area contributed by atoms with Crippen molar-refractivity contribution in [2.75, 3.05) is 0 Å². The number of azide groups is 2. The Morgan fingerprint density at radius 2 is 0.750 bits per heavy atom. The van der Waals surface area contributed by atoms with Gasteiger partial charge in [0.2, 0.25) is 0 Å². The van der Waals surface area contributed by atoms with Crippen LogP contribution in [0.15, 0.2) is 119 Å². The van der Waals surface area contributed by atoms with Crippen molar-refractivity contribution in [3.05, 3.63) is 152 Å². The van der Waals surface area contributed by atoms with Gasteiger partial charge in [0.05, 0.1) is 0 Å². The van der Waals surface area contributed by atoms with Crippen LogP contribution in [-0.2, 0) is 0 Å². The molecule has 0 aliphatic rings. The molecule has 0 unspecified atom stereocenters. The molecule has 0 amide bonds. The Bertz CT molecular complexity index is 1220. The first-order valence-corrected chi connectivity index (χ1v) is 9.96. The van der Waals surface area contributed by atoms with Crippen LogP contribution in [0.2, 0.25) is 0 Å². The molecule has 0 saturated carbocycles. The molecule has 0 spiro atoms. The van der Waals surface area contributed by atoms with Gasteiger partial charge in [-0.25, -0.2) is 0 Å². The first kappa shape index (κ1) is 20.5. The predicted molar refractivity (Wildman–Crippen MR) is 128 cm³/mol. The van der Waals surface area contributed by atoms with E-state index in [9.17, 15) is 0 Å². The second kappa shape index (κ2) is 9.83. The Labute approximate surface area is 185 Å². The molecule has 0 atom stereocenters. The van der Waals surface area contributed by atoms with Gasteiger partial charge in [-0.2, -0.15) is 0 Å². The highest BCUT2D eigenvalue weighted by Gasteiger charge is 2.16. The van der Waals surface area contributed by atoms with Crippen LogP contribution in [0.25, 0.3) is 32.0 Å². The molecule has 0 heterocycles. The van der Waals surface area contributed by atoms with Crippen molar-refractivity contribution in [3.8, 4) is 0 Å². The Kier molecular flexibility index (Phi) is 6.30. The van der Waals surface area contributed by atoms with Gasteiger partial charge in [0.25, 0.3) is 0 Å². The van der Waals surface area contributed by atoms with Gasteiger partial charge in [-0.1, -0.05) is 119 Å². The maximum absolute atomic E-state index is 8.74. The second-order valence-electron chi connectivity index (χ2n) is 6.95. The van der Waals surface area contributed by atoms with Gasteiger partial charge >= 0.3 is 0 Å². The largest absolute Gasteiger partial charge is 0.0622 e. The normalized spacial score (nSPS) is 11.0. The van der Waals surface area contributed by atoms with E-state index in [2.05, 4.69) is 44.3 Å². The van der Waals surface area contributed by atoms with E-state index in [1.54, 1.807) is 0 Å². The number of benzene rings is 4. The fourth-order valence-electron chi connectivity index (χ4n) is 3.61. The van der Waals surface area contributed by atoms with Crippen LogP contribution >= 0.6 is 0 Å². The van der Waals surface area contributed by atoms with E-state index < -0.39 is 0 Å². The third-order valence-corrected chi connectivity index (χ3v) is 5.01. The summed E-state index contributed by atoms with van der Waals surface area (Å²) in [6, 6.07) is 35.4. The molecule has 0 radical (unpaired) electrons. The van der Waals surface area contributed by atoms with E-state index in [4.69, 9.17) is 11.1 Å². The monoisotopic (exact) mass is 414 g/mol. The average molecular weight is 414 g/mol. The Morgan fingerprint density at radius 1 is 0.438 bits per heavy atom. The summed E-state index contributed by atoms with van der Waals surface area (Å²) < 4.78 is 0. The van der Waals surface area contributed by atoms with Gasteiger partial charge < -0.3 is 0 Å².